The van der Waals surface area contributed by atoms with Crippen molar-refractivity contribution in [3.63, 3.8) is 0 Å². The van der Waals surface area contributed by atoms with Crippen LogP contribution in [0.25, 0.3) is 0 Å². The van der Waals surface area contributed by atoms with E-state index in [1.807, 2.05) is 12.1 Å². The third-order valence-corrected chi connectivity index (χ3v) is 10.5. The number of ether oxygens (including phenoxy) is 2. The zero-order chi connectivity index (χ0) is 21.3. The van der Waals surface area contributed by atoms with E-state index in [2.05, 4.69) is 76.2 Å². The van der Waals surface area contributed by atoms with Gasteiger partial charge in [-0.25, -0.2) is 0 Å². The maximum absolute atomic E-state index is 9.41. The summed E-state index contributed by atoms with van der Waals surface area (Å²) in [5.41, 5.74) is 0. The molecular weight excluding hydrogens is 380 g/mol. The molecule has 5 heteroatoms. The predicted octanol–water partition coefficient (Wildman–Crippen LogP) is 3.57. The molecule has 4 nitrogen and oxygen atoms in total. The molecule has 2 atom stereocenters. The number of hydrogen-bond donors (Lipinski definition) is 1. The molecule has 2 aromatic carbocycles. The van der Waals surface area contributed by atoms with E-state index in [0.29, 0.717) is 13.0 Å². The highest BCUT2D eigenvalue weighted by molar-refractivity contribution is 6.99. The molecule has 160 valence electrons. The predicted molar refractivity (Wildman–Crippen MR) is 121 cm³/mol. The first-order valence-corrected chi connectivity index (χ1v) is 12.2. The Hall–Kier alpha value is -1.50. The largest absolute Gasteiger partial charge is 0.405 e. The monoisotopic (exact) mass is 416 g/mol. The van der Waals surface area contributed by atoms with Gasteiger partial charge in [-0.2, -0.15) is 0 Å². The molecule has 0 fully saturated rings. The van der Waals surface area contributed by atoms with Crippen LogP contribution >= 0.6 is 0 Å². The summed E-state index contributed by atoms with van der Waals surface area (Å²) in [5.74, 6) is 0.161. The van der Waals surface area contributed by atoms with Gasteiger partial charge in [0.25, 0.3) is 8.32 Å². The van der Waals surface area contributed by atoms with Gasteiger partial charge < -0.3 is 19.0 Å². The van der Waals surface area contributed by atoms with Crippen molar-refractivity contribution in [3.05, 3.63) is 60.7 Å². The van der Waals surface area contributed by atoms with E-state index in [1.54, 1.807) is 7.11 Å². The Balaban J connectivity index is 2.47. The second-order valence-corrected chi connectivity index (χ2v) is 12.9. The minimum atomic E-state index is -2.60. The fraction of sp³-hybridized carbons (Fsp3) is 0.500. The molecule has 29 heavy (non-hydrogen) atoms. The number of rotatable bonds is 11. The number of benzene rings is 2. The van der Waals surface area contributed by atoms with Gasteiger partial charge in [-0.1, -0.05) is 88.4 Å². The fourth-order valence-electron chi connectivity index (χ4n) is 3.89. The van der Waals surface area contributed by atoms with Crippen molar-refractivity contribution in [1.29, 1.82) is 0 Å². The van der Waals surface area contributed by atoms with Crippen molar-refractivity contribution in [2.24, 2.45) is 5.92 Å². The van der Waals surface area contributed by atoms with Crippen molar-refractivity contribution in [2.45, 2.75) is 45.3 Å². The van der Waals surface area contributed by atoms with E-state index in [-0.39, 0.29) is 30.5 Å². The van der Waals surface area contributed by atoms with E-state index in [4.69, 9.17) is 13.9 Å². The van der Waals surface area contributed by atoms with Crippen molar-refractivity contribution >= 4 is 18.7 Å². The summed E-state index contributed by atoms with van der Waals surface area (Å²) < 4.78 is 18.1. The molecule has 0 aliphatic carbocycles. The highest BCUT2D eigenvalue weighted by Gasteiger charge is 2.50. The molecule has 0 aromatic heterocycles. The lowest BCUT2D eigenvalue weighted by atomic mass is 10.0. The maximum atomic E-state index is 9.41. The van der Waals surface area contributed by atoms with Crippen LogP contribution < -0.4 is 10.4 Å². The first-order valence-electron chi connectivity index (χ1n) is 10.3. The first-order chi connectivity index (χ1) is 13.9. The average Bonchev–Trinajstić information content (AvgIpc) is 2.71. The molecule has 0 bridgehead atoms. The smallest absolute Gasteiger partial charge is 0.261 e. The summed E-state index contributed by atoms with van der Waals surface area (Å²) in [4.78, 5) is 0. The topological polar surface area (TPSA) is 47.9 Å². The molecule has 0 heterocycles. The number of methoxy groups -OCH3 is 1. The molecule has 0 amide bonds. The number of hydrogen-bond acceptors (Lipinski definition) is 4. The van der Waals surface area contributed by atoms with Crippen LogP contribution in [0.2, 0.25) is 5.04 Å². The Morgan fingerprint density at radius 2 is 1.45 bits per heavy atom. The summed E-state index contributed by atoms with van der Waals surface area (Å²) in [6.07, 6.45) is 0.516. The summed E-state index contributed by atoms with van der Waals surface area (Å²) in [5, 5.41) is 11.8. The molecule has 1 N–H and O–H groups in total. The zero-order valence-corrected chi connectivity index (χ0v) is 19.4. The van der Waals surface area contributed by atoms with Crippen molar-refractivity contribution in [2.75, 3.05) is 27.1 Å². The van der Waals surface area contributed by atoms with E-state index in [1.165, 1.54) is 10.4 Å². The third-order valence-electron chi connectivity index (χ3n) is 5.50. The molecular formula is C24H36O4Si. The van der Waals surface area contributed by atoms with Crippen molar-refractivity contribution in [3.8, 4) is 0 Å². The minimum absolute atomic E-state index is 0.0816. The number of aliphatic hydroxyl groups is 1. The molecule has 0 unspecified atom stereocenters. The van der Waals surface area contributed by atoms with Gasteiger partial charge in [-0.3, -0.25) is 0 Å². The quantitative estimate of drug-likeness (QED) is 0.449. The van der Waals surface area contributed by atoms with Crippen LogP contribution in [-0.4, -0.2) is 46.6 Å². The third kappa shape index (κ3) is 5.77. The van der Waals surface area contributed by atoms with Crippen LogP contribution in [0.4, 0.5) is 0 Å². The van der Waals surface area contributed by atoms with Gasteiger partial charge in [0, 0.05) is 13.7 Å². The molecule has 0 aliphatic rings. The highest BCUT2D eigenvalue weighted by atomic mass is 28.4. The lowest BCUT2D eigenvalue weighted by Gasteiger charge is -2.44. The highest BCUT2D eigenvalue weighted by Crippen LogP contribution is 2.37. The van der Waals surface area contributed by atoms with Gasteiger partial charge >= 0.3 is 0 Å². The van der Waals surface area contributed by atoms with Gasteiger partial charge in [0.05, 0.1) is 12.7 Å². The van der Waals surface area contributed by atoms with Gasteiger partial charge in [0.1, 0.15) is 6.79 Å². The average molecular weight is 417 g/mol. The summed E-state index contributed by atoms with van der Waals surface area (Å²) in [6.45, 7) is 9.69. The molecule has 0 spiro atoms. The zero-order valence-electron chi connectivity index (χ0n) is 18.4. The normalized spacial score (nSPS) is 14.6. The second-order valence-electron chi connectivity index (χ2n) is 8.58. The first kappa shape index (κ1) is 23.8. The number of aliphatic hydroxyl groups excluding tert-OH is 1. The van der Waals surface area contributed by atoms with Gasteiger partial charge in [0.15, 0.2) is 0 Å². The lowest BCUT2D eigenvalue weighted by molar-refractivity contribution is -0.105. The van der Waals surface area contributed by atoms with E-state index in [0.717, 1.165) is 0 Å². The molecule has 0 radical (unpaired) electrons. The van der Waals surface area contributed by atoms with E-state index >= 15 is 0 Å². The Labute approximate surface area is 177 Å². The Kier molecular flexibility index (Phi) is 9.05. The lowest BCUT2D eigenvalue weighted by Crippen LogP contribution is -2.67. The van der Waals surface area contributed by atoms with E-state index < -0.39 is 8.32 Å². The Morgan fingerprint density at radius 3 is 1.86 bits per heavy atom. The summed E-state index contributed by atoms with van der Waals surface area (Å²) >= 11 is 0. The maximum Gasteiger partial charge on any atom is 0.261 e. The van der Waals surface area contributed by atoms with Crippen LogP contribution in [-0.2, 0) is 13.9 Å². The molecule has 0 saturated carbocycles. The summed E-state index contributed by atoms with van der Waals surface area (Å²) in [7, 11) is -0.982. The van der Waals surface area contributed by atoms with Crippen LogP contribution in [0.5, 0.6) is 0 Å². The standard InChI is InChI=1S/C24H36O4Si/c1-20(16-17-25)23(27-19-26-5)18-28-29(24(2,3)4,21-12-8-6-9-13-21)22-14-10-7-11-15-22/h6-15,20,23,25H,16-19H2,1-5H3/t20-,23+/m0/s1. The molecule has 0 aliphatic heterocycles. The van der Waals surface area contributed by atoms with Crippen LogP contribution in [0, 0.1) is 5.92 Å². The molecule has 0 saturated heterocycles. The molecule has 2 aromatic rings. The van der Waals surface area contributed by atoms with Gasteiger partial charge in [-0.05, 0) is 27.8 Å². The minimum Gasteiger partial charge on any atom is -0.405 e. The second kappa shape index (κ2) is 11.0. The SMILES string of the molecule is COCO[C@H](CO[Si](c1ccccc1)(c1ccccc1)C(C)(C)C)[C@@H](C)CCO. The Morgan fingerprint density at radius 1 is 0.931 bits per heavy atom. The van der Waals surface area contributed by atoms with Crippen LogP contribution in [0.3, 0.4) is 0 Å². The summed E-state index contributed by atoms with van der Waals surface area (Å²) in [6, 6.07) is 21.2. The van der Waals surface area contributed by atoms with Crippen LogP contribution in [0.15, 0.2) is 60.7 Å². The van der Waals surface area contributed by atoms with E-state index in [9.17, 15) is 5.11 Å². The van der Waals surface area contributed by atoms with Gasteiger partial charge in [0.2, 0.25) is 0 Å². The fourth-order valence-corrected chi connectivity index (χ4v) is 8.46. The van der Waals surface area contributed by atoms with Crippen molar-refractivity contribution < 1.29 is 19.0 Å². The van der Waals surface area contributed by atoms with Crippen LogP contribution in [0.1, 0.15) is 34.1 Å². The van der Waals surface area contributed by atoms with Crippen molar-refractivity contribution in [1.82, 2.24) is 0 Å². The van der Waals surface area contributed by atoms with Gasteiger partial charge in [-0.15, -0.1) is 0 Å². The Bertz CT molecular complexity index is 660. The molecule has 2 rings (SSSR count).